The molecule has 0 aromatic heterocycles. The number of aliphatic imine (C=N–C) groups is 1. The van der Waals surface area contributed by atoms with Crippen molar-refractivity contribution in [1.29, 1.82) is 0 Å². The summed E-state index contributed by atoms with van der Waals surface area (Å²) < 4.78 is 11.3. The molecule has 0 radical (unpaired) electrons. The molecule has 3 rings (SSSR count). The molecule has 126 valence electrons. The molecule has 1 fully saturated rings. The van der Waals surface area contributed by atoms with Crippen LogP contribution < -0.4 is 4.74 Å². The number of ether oxygens (including phenoxy) is 2. The number of methoxy groups -OCH3 is 1. The Hall–Kier alpha value is -2.29. The minimum Gasteiger partial charge on any atom is -0.497 e. The summed E-state index contributed by atoms with van der Waals surface area (Å²) >= 11 is 0. The Kier molecular flexibility index (Phi) is 5.89. The van der Waals surface area contributed by atoms with Gasteiger partial charge in [-0.05, 0) is 42.7 Å². The van der Waals surface area contributed by atoms with E-state index in [1.807, 2.05) is 42.5 Å². The first-order valence-corrected chi connectivity index (χ1v) is 8.74. The van der Waals surface area contributed by atoms with Gasteiger partial charge in [0.05, 0.1) is 13.2 Å². The molecule has 0 saturated heterocycles. The summed E-state index contributed by atoms with van der Waals surface area (Å²) in [4.78, 5) is 4.93. The molecule has 0 heterocycles. The molecule has 1 saturated carbocycles. The average molecular weight is 323 g/mol. The smallest absolute Gasteiger partial charge is 0.216 e. The van der Waals surface area contributed by atoms with Gasteiger partial charge < -0.3 is 9.47 Å². The fraction of sp³-hybridized carbons (Fsp3) is 0.381. The van der Waals surface area contributed by atoms with Crippen molar-refractivity contribution in [1.82, 2.24) is 0 Å². The Morgan fingerprint density at radius 2 is 1.67 bits per heavy atom. The Balaban J connectivity index is 1.77. The zero-order valence-electron chi connectivity index (χ0n) is 14.3. The van der Waals surface area contributed by atoms with Crippen molar-refractivity contribution >= 4 is 5.90 Å². The second-order valence-corrected chi connectivity index (χ2v) is 6.23. The highest BCUT2D eigenvalue weighted by atomic mass is 16.5. The van der Waals surface area contributed by atoms with Crippen LogP contribution in [0.1, 0.15) is 43.2 Å². The largest absolute Gasteiger partial charge is 0.497 e. The van der Waals surface area contributed by atoms with Crippen molar-refractivity contribution in [3.63, 3.8) is 0 Å². The Bertz CT molecular complexity index is 643. The quantitative estimate of drug-likeness (QED) is 0.573. The molecule has 1 aliphatic carbocycles. The summed E-state index contributed by atoms with van der Waals surface area (Å²) in [5.41, 5.74) is 2.17. The van der Waals surface area contributed by atoms with Crippen molar-refractivity contribution in [3.8, 4) is 5.75 Å². The molecule has 0 unspecified atom stereocenters. The lowest BCUT2D eigenvalue weighted by molar-refractivity contribution is 0.287. The van der Waals surface area contributed by atoms with Gasteiger partial charge >= 0.3 is 0 Å². The predicted molar refractivity (Wildman–Crippen MR) is 97.6 cm³/mol. The molecule has 0 aliphatic heterocycles. The molecular weight excluding hydrogens is 298 g/mol. The monoisotopic (exact) mass is 323 g/mol. The molecule has 3 heteroatoms. The van der Waals surface area contributed by atoms with E-state index in [1.165, 1.54) is 19.3 Å². The van der Waals surface area contributed by atoms with Crippen molar-refractivity contribution in [3.05, 3.63) is 65.7 Å². The van der Waals surface area contributed by atoms with Crippen LogP contribution in [0.2, 0.25) is 0 Å². The predicted octanol–water partition coefficient (Wildman–Crippen LogP) is 4.99. The van der Waals surface area contributed by atoms with Crippen LogP contribution in [0.15, 0.2) is 59.6 Å². The maximum atomic E-state index is 6.10. The van der Waals surface area contributed by atoms with Crippen molar-refractivity contribution in [2.75, 3.05) is 7.11 Å². The second kappa shape index (κ2) is 8.53. The van der Waals surface area contributed by atoms with E-state index in [9.17, 15) is 0 Å². The van der Waals surface area contributed by atoms with Crippen LogP contribution in [-0.2, 0) is 11.3 Å². The second-order valence-electron chi connectivity index (χ2n) is 6.23. The van der Waals surface area contributed by atoms with Gasteiger partial charge in [-0.3, -0.25) is 0 Å². The molecule has 0 N–H and O–H groups in total. The Morgan fingerprint density at radius 1 is 0.958 bits per heavy atom. The summed E-state index contributed by atoms with van der Waals surface area (Å²) in [6.45, 7) is 0.540. The third-order valence-electron chi connectivity index (χ3n) is 4.43. The van der Waals surface area contributed by atoms with E-state index < -0.39 is 0 Å². The lowest BCUT2D eigenvalue weighted by Gasteiger charge is -2.19. The van der Waals surface area contributed by atoms with Crippen LogP contribution in [0.3, 0.4) is 0 Å². The molecule has 0 spiro atoms. The van der Waals surface area contributed by atoms with E-state index in [-0.39, 0.29) is 0 Å². The van der Waals surface area contributed by atoms with Crippen LogP contribution >= 0.6 is 0 Å². The summed E-state index contributed by atoms with van der Waals surface area (Å²) in [6, 6.07) is 18.6. The maximum absolute atomic E-state index is 6.10. The van der Waals surface area contributed by atoms with E-state index in [0.717, 1.165) is 35.6 Å². The van der Waals surface area contributed by atoms with Gasteiger partial charge in [-0.25, -0.2) is 4.99 Å². The fourth-order valence-corrected chi connectivity index (χ4v) is 3.03. The molecule has 0 atom stereocenters. The lowest BCUT2D eigenvalue weighted by Crippen LogP contribution is -2.16. The van der Waals surface area contributed by atoms with Gasteiger partial charge in [0.25, 0.3) is 0 Å². The molecule has 3 nitrogen and oxygen atoms in total. The third kappa shape index (κ3) is 4.60. The van der Waals surface area contributed by atoms with E-state index in [4.69, 9.17) is 14.5 Å². The van der Waals surface area contributed by atoms with E-state index in [1.54, 1.807) is 7.11 Å². The fourth-order valence-electron chi connectivity index (χ4n) is 3.03. The Labute approximate surface area is 144 Å². The highest BCUT2D eigenvalue weighted by molar-refractivity contribution is 5.94. The SMILES string of the molecule is COc1ccc(C(=NC2CCCCC2)OCc2ccccc2)cc1. The van der Waals surface area contributed by atoms with Gasteiger partial charge in [0, 0.05) is 5.56 Å². The maximum Gasteiger partial charge on any atom is 0.216 e. The minimum absolute atomic E-state index is 0.381. The Morgan fingerprint density at radius 3 is 2.33 bits per heavy atom. The first-order valence-electron chi connectivity index (χ1n) is 8.74. The number of benzene rings is 2. The molecule has 0 amide bonds. The van der Waals surface area contributed by atoms with Gasteiger partial charge in [-0.2, -0.15) is 0 Å². The normalized spacial score (nSPS) is 16.0. The first kappa shape index (κ1) is 16.6. The van der Waals surface area contributed by atoms with Gasteiger partial charge in [-0.15, -0.1) is 0 Å². The van der Waals surface area contributed by atoms with E-state index >= 15 is 0 Å². The van der Waals surface area contributed by atoms with Gasteiger partial charge in [0.2, 0.25) is 5.90 Å². The minimum atomic E-state index is 0.381. The molecule has 1 aliphatic rings. The van der Waals surface area contributed by atoms with Crippen LogP contribution in [-0.4, -0.2) is 19.0 Å². The van der Waals surface area contributed by atoms with Crippen molar-refractivity contribution in [2.24, 2.45) is 4.99 Å². The topological polar surface area (TPSA) is 30.8 Å². The zero-order valence-corrected chi connectivity index (χ0v) is 14.3. The van der Waals surface area contributed by atoms with Crippen LogP contribution in [0, 0.1) is 0 Å². The van der Waals surface area contributed by atoms with E-state index in [2.05, 4.69) is 12.1 Å². The highest BCUT2D eigenvalue weighted by Gasteiger charge is 2.15. The van der Waals surface area contributed by atoms with Crippen LogP contribution in [0.4, 0.5) is 0 Å². The summed E-state index contributed by atoms with van der Waals surface area (Å²) in [6.07, 6.45) is 6.18. The molecule has 2 aromatic carbocycles. The standard InChI is InChI=1S/C21H25NO2/c1-23-20-14-12-18(13-15-20)21(22-19-10-6-3-7-11-19)24-16-17-8-4-2-5-9-17/h2,4-5,8-9,12-15,19H,3,6-7,10-11,16H2,1H3. The lowest BCUT2D eigenvalue weighted by atomic mass is 9.96. The highest BCUT2D eigenvalue weighted by Crippen LogP contribution is 2.22. The summed E-state index contributed by atoms with van der Waals surface area (Å²) in [7, 11) is 1.68. The van der Waals surface area contributed by atoms with Gasteiger partial charge in [0.15, 0.2) is 0 Å². The third-order valence-corrected chi connectivity index (χ3v) is 4.43. The van der Waals surface area contributed by atoms with Crippen LogP contribution in [0.5, 0.6) is 5.75 Å². The number of rotatable bonds is 5. The van der Waals surface area contributed by atoms with E-state index in [0.29, 0.717) is 12.6 Å². The van der Waals surface area contributed by atoms with Crippen molar-refractivity contribution < 1.29 is 9.47 Å². The number of hydrogen-bond acceptors (Lipinski definition) is 3. The molecule has 0 bridgehead atoms. The van der Waals surface area contributed by atoms with Crippen LogP contribution in [0.25, 0.3) is 0 Å². The summed E-state index contributed by atoms with van der Waals surface area (Å²) in [5, 5.41) is 0. The zero-order chi connectivity index (χ0) is 16.6. The molecule has 24 heavy (non-hydrogen) atoms. The number of nitrogens with zero attached hydrogens (tertiary/aromatic N) is 1. The molecular formula is C21H25NO2. The van der Waals surface area contributed by atoms with Gasteiger partial charge in [0.1, 0.15) is 12.4 Å². The summed E-state index contributed by atoms with van der Waals surface area (Å²) in [5.74, 6) is 1.59. The van der Waals surface area contributed by atoms with Crippen molar-refractivity contribution in [2.45, 2.75) is 44.8 Å². The first-order chi connectivity index (χ1) is 11.8. The van der Waals surface area contributed by atoms with Gasteiger partial charge in [-0.1, -0.05) is 49.6 Å². The molecule has 2 aromatic rings. The average Bonchev–Trinajstić information content (AvgIpc) is 2.67. The number of hydrogen-bond donors (Lipinski definition) is 0.